The minimum Gasteiger partial charge on any atom is -0.171 e. The number of alkyl halides is 3. The molecule has 56 valence electrons. The molecule has 0 aliphatic carbocycles. The molecule has 0 aromatic carbocycles. The molecule has 6 heteroatoms. The number of halogens is 3. The van der Waals surface area contributed by atoms with Gasteiger partial charge < -0.3 is 0 Å². The highest BCUT2D eigenvalue weighted by atomic mass is 30.1. The lowest BCUT2D eigenvalue weighted by atomic mass is 10.5. The summed E-state index contributed by atoms with van der Waals surface area (Å²) in [6.07, 6.45) is -4.44. The third-order valence-electron chi connectivity index (χ3n) is 1.46. The SMILES string of the molecule is C[Si]1(CCC(F)(F)F)[Si][Si]1. The van der Waals surface area contributed by atoms with Gasteiger partial charge in [-0.3, -0.25) is 0 Å². The Morgan fingerprint density at radius 3 is 2.10 bits per heavy atom. The molecule has 0 amide bonds. The summed E-state index contributed by atoms with van der Waals surface area (Å²) in [4.78, 5) is 0. The average molecular weight is 196 g/mol. The van der Waals surface area contributed by atoms with Gasteiger partial charge in [-0.2, -0.15) is 13.2 Å². The molecule has 0 N–H and O–H groups in total. The van der Waals surface area contributed by atoms with E-state index in [-0.39, 0.29) is 0 Å². The molecule has 1 aliphatic heterocycles. The average Bonchev–Trinajstić information content (AvgIpc) is 2.43. The van der Waals surface area contributed by atoms with Gasteiger partial charge in [-0.25, -0.2) is 0 Å². The summed E-state index contributed by atoms with van der Waals surface area (Å²) < 4.78 is 34.9. The van der Waals surface area contributed by atoms with E-state index in [1.165, 1.54) is 0 Å². The summed E-state index contributed by atoms with van der Waals surface area (Å²) in [5.41, 5.74) is 0. The minimum atomic E-state index is -3.91. The van der Waals surface area contributed by atoms with Crippen molar-refractivity contribution in [3.63, 3.8) is 0 Å². The quantitative estimate of drug-likeness (QED) is 0.585. The molecule has 10 heavy (non-hydrogen) atoms. The number of hydrogen-bond donors (Lipinski definition) is 0. The Hall–Kier alpha value is 0.441. The van der Waals surface area contributed by atoms with Crippen LogP contribution in [0.3, 0.4) is 0 Å². The zero-order valence-corrected chi connectivity index (χ0v) is 8.55. The topological polar surface area (TPSA) is 0 Å². The van der Waals surface area contributed by atoms with Crippen molar-refractivity contribution < 1.29 is 13.2 Å². The second-order valence-corrected chi connectivity index (χ2v) is 20.5. The predicted molar refractivity (Wildman–Crippen MR) is 38.6 cm³/mol. The van der Waals surface area contributed by atoms with Gasteiger partial charge in [0.25, 0.3) is 0 Å². The molecule has 1 saturated heterocycles. The van der Waals surface area contributed by atoms with Gasteiger partial charge in [-0.05, 0) is 0 Å². The standard InChI is InChI=1S/C4H7F3Si3/c1-10(8-9-10)3-2-4(5,6)7/h2-3H2,1H3. The van der Waals surface area contributed by atoms with E-state index in [4.69, 9.17) is 0 Å². The molecule has 0 spiro atoms. The predicted octanol–water partition coefficient (Wildman–Crippen LogP) is 1.35. The van der Waals surface area contributed by atoms with Gasteiger partial charge in [0.15, 0.2) is 0 Å². The van der Waals surface area contributed by atoms with Crippen molar-refractivity contribution in [1.29, 1.82) is 0 Å². The molecule has 1 fully saturated rings. The second kappa shape index (κ2) is 2.49. The molecular formula is C4H7F3Si3. The maximum atomic E-state index is 11.6. The van der Waals surface area contributed by atoms with Gasteiger partial charge in [0.2, 0.25) is 0 Å². The zero-order chi connectivity index (χ0) is 7.83. The van der Waals surface area contributed by atoms with E-state index in [0.29, 0.717) is 6.04 Å². The largest absolute Gasteiger partial charge is 0.388 e. The lowest BCUT2D eigenvalue weighted by Gasteiger charge is -2.08. The Bertz CT molecular complexity index is 123. The van der Waals surface area contributed by atoms with Gasteiger partial charge >= 0.3 is 6.18 Å². The van der Waals surface area contributed by atoms with Crippen molar-refractivity contribution in [2.45, 2.75) is 25.2 Å². The fraction of sp³-hybridized carbons (Fsp3) is 1.00. The summed E-state index contributed by atoms with van der Waals surface area (Å²) in [6.45, 7) is 2.08. The van der Waals surface area contributed by atoms with E-state index in [1.807, 2.05) is 0 Å². The zero-order valence-electron chi connectivity index (χ0n) is 5.55. The van der Waals surface area contributed by atoms with E-state index in [1.54, 1.807) is 0 Å². The fourth-order valence-corrected chi connectivity index (χ4v) is 13.9. The molecule has 0 aromatic rings. The number of hydrogen-bond acceptors (Lipinski definition) is 0. The van der Waals surface area contributed by atoms with Crippen LogP contribution in [-0.2, 0) is 0 Å². The molecular weight excluding hydrogens is 189 g/mol. The van der Waals surface area contributed by atoms with Crippen molar-refractivity contribution in [1.82, 2.24) is 0 Å². The van der Waals surface area contributed by atoms with Crippen LogP contribution in [-0.4, -0.2) is 30.4 Å². The van der Waals surface area contributed by atoms with Crippen LogP contribution in [0.4, 0.5) is 13.2 Å². The van der Waals surface area contributed by atoms with Crippen molar-refractivity contribution in [2.24, 2.45) is 0 Å². The Morgan fingerprint density at radius 2 is 1.80 bits per heavy atom. The van der Waals surface area contributed by atoms with Crippen LogP contribution in [0.1, 0.15) is 6.42 Å². The Morgan fingerprint density at radius 1 is 1.30 bits per heavy atom. The molecule has 1 rings (SSSR count). The van der Waals surface area contributed by atoms with E-state index in [2.05, 4.69) is 6.55 Å². The fourth-order valence-electron chi connectivity index (χ4n) is 0.623. The highest BCUT2D eigenvalue weighted by molar-refractivity contribution is 7.90. The highest BCUT2D eigenvalue weighted by Crippen LogP contribution is 2.28. The minimum absolute atomic E-state index is 0.480. The number of rotatable bonds is 2. The van der Waals surface area contributed by atoms with E-state index < -0.39 is 19.7 Å². The molecule has 0 unspecified atom stereocenters. The first-order chi connectivity index (χ1) is 4.41. The highest BCUT2D eigenvalue weighted by Gasteiger charge is 2.43. The monoisotopic (exact) mass is 196 g/mol. The normalized spacial score (nSPS) is 22.8. The van der Waals surface area contributed by atoms with Crippen LogP contribution in [0, 0.1) is 0 Å². The van der Waals surface area contributed by atoms with Crippen molar-refractivity contribution in [3.8, 4) is 0 Å². The van der Waals surface area contributed by atoms with E-state index >= 15 is 0 Å². The summed E-state index contributed by atoms with van der Waals surface area (Å²) in [6, 6.07) is 0.480. The van der Waals surface area contributed by atoms with Gasteiger partial charge in [-0.15, -0.1) is 0 Å². The first-order valence-corrected chi connectivity index (χ1v) is 10.7. The van der Waals surface area contributed by atoms with Crippen LogP contribution in [0.2, 0.25) is 12.6 Å². The summed E-state index contributed by atoms with van der Waals surface area (Å²) in [5.74, 6) is 0. The molecule has 0 bridgehead atoms. The van der Waals surface area contributed by atoms with Crippen LogP contribution in [0.25, 0.3) is 0 Å². The van der Waals surface area contributed by atoms with E-state index in [0.717, 1.165) is 17.1 Å². The summed E-state index contributed by atoms with van der Waals surface area (Å²) >= 11 is 0. The van der Waals surface area contributed by atoms with Gasteiger partial charge in [0.05, 0.1) is 0 Å². The Labute approximate surface area is 63.2 Å². The van der Waals surface area contributed by atoms with Crippen LogP contribution in [0.15, 0.2) is 0 Å². The van der Waals surface area contributed by atoms with Crippen molar-refractivity contribution in [2.75, 3.05) is 0 Å². The third kappa shape index (κ3) is 3.02. The smallest absolute Gasteiger partial charge is 0.171 e. The molecule has 0 saturated carbocycles. The van der Waals surface area contributed by atoms with Gasteiger partial charge in [0, 0.05) is 30.6 Å². The van der Waals surface area contributed by atoms with Gasteiger partial charge in [-0.1, -0.05) is 12.6 Å². The molecule has 4 radical (unpaired) electrons. The van der Waals surface area contributed by atoms with Crippen LogP contribution >= 0.6 is 0 Å². The molecule has 0 aromatic heterocycles. The van der Waals surface area contributed by atoms with E-state index in [9.17, 15) is 13.2 Å². The first-order valence-electron chi connectivity index (χ1n) is 3.02. The van der Waals surface area contributed by atoms with Crippen molar-refractivity contribution in [3.05, 3.63) is 0 Å². The molecule has 0 atom stereocenters. The third-order valence-corrected chi connectivity index (χ3v) is 18.6. The Balaban J connectivity index is 2.17. The lowest BCUT2D eigenvalue weighted by Crippen LogP contribution is -2.18. The maximum absolute atomic E-state index is 11.6. The molecule has 1 heterocycles. The summed E-state index contributed by atoms with van der Waals surface area (Å²) in [7, 11) is 0.678. The first kappa shape index (κ1) is 8.54. The lowest BCUT2D eigenvalue weighted by molar-refractivity contribution is -0.130. The second-order valence-electron chi connectivity index (χ2n) is 2.70. The molecule has 0 nitrogen and oxygen atoms in total. The maximum Gasteiger partial charge on any atom is 0.388 e. The molecule has 1 aliphatic rings. The van der Waals surface area contributed by atoms with Crippen molar-refractivity contribution >= 4 is 24.2 Å². The van der Waals surface area contributed by atoms with Gasteiger partial charge in [0.1, 0.15) is 0 Å². The Kier molecular flexibility index (Phi) is 2.12. The summed E-state index contributed by atoms with van der Waals surface area (Å²) in [5, 5.41) is 0. The van der Waals surface area contributed by atoms with Crippen LogP contribution < -0.4 is 0 Å². The van der Waals surface area contributed by atoms with Crippen LogP contribution in [0.5, 0.6) is 0 Å².